The van der Waals surface area contributed by atoms with Gasteiger partial charge in [-0.3, -0.25) is 0 Å². The molecule has 0 saturated carbocycles. The lowest BCUT2D eigenvalue weighted by Gasteiger charge is -1.92. The molecule has 0 aliphatic carbocycles. The molecule has 0 aliphatic heterocycles. The Morgan fingerprint density at radius 1 is 1.46 bits per heavy atom. The van der Waals surface area contributed by atoms with Gasteiger partial charge in [0.05, 0.1) is 6.26 Å². The molecule has 0 rings (SSSR count). The zero-order valence-corrected chi connectivity index (χ0v) is 7.90. The monoisotopic (exact) mass is 210 g/mol. The fourth-order valence-corrected chi connectivity index (χ4v) is 0.176. The average Bonchev–Trinajstić information content (AvgIpc) is 1.84. The third-order valence-electron chi connectivity index (χ3n) is 0.539. The molecule has 6 nitrogen and oxygen atoms in total. The van der Waals surface area contributed by atoms with Crippen LogP contribution in [0.4, 0.5) is 0 Å². The zero-order chi connectivity index (χ0) is 11.1. The van der Waals surface area contributed by atoms with Crippen LogP contribution in [0.25, 0.3) is 0 Å². The molecule has 0 spiro atoms. The third-order valence-corrected chi connectivity index (χ3v) is 0.539. The lowest BCUT2D eigenvalue weighted by Crippen LogP contribution is -1.98. The number of carbonyl (C=O) groups excluding carboxylic acids is 1. The Bertz CT molecular complexity index is 231. The van der Waals surface area contributed by atoms with Gasteiger partial charge in [-0.25, -0.2) is 9.36 Å². The maximum atomic E-state index is 10.3. The first-order valence-corrected chi connectivity index (χ1v) is 4.50. The number of hydrogen-bond acceptors (Lipinski definition) is 3. The van der Waals surface area contributed by atoms with Crippen LogP contribution >= 0.6 is 7.82 Å². The summed E-state index contributed by atoms with van der Waals surface area (Å²) >= 11 is 0. The maximum Gasteiger partial charge on any atom is 0.466 e. The van der Waals surface area contributed by atoms with Crippen LogP contribution < -0.4 is 0 Å². The molecule has 0 bridgehead atoms. The molecule has 0 saturated heterocycles. The fourth-order valence-electron chi connectivity index (χ4n) is 0.176. The van der Waals surface area contributed by atoms with Crippen LogP contribution in [0.5, 0.6) is 0 Å². The smallest absolute Gasteiger partial charge is 0.432 e. The minimum absolute atomic E-state index is 0.380. The normalized spacial score (nSPS) is 9.23. The Morgan fingerprint density at radius 2 is 1.77 bits per heavy atom. The van der Waals surface area contributed by atoms with Gasteiger partial charge in [0.25, 0.3) is 0 Å². The van der Waals surface area contributed by atoms with Gasteiger partial charge >= 0.3 is 13.8 Å². The summed E-state index contributed by atoms with van der Waals surface area (Å²) in [4.78, 5) is 31.9. The van der Waals surface area contributed by atoms with Crippen LogP contribution in [-0.2, 0) is 14.1 Å². The van der Waals surface area contributed by atoms with E-state index in [9.17, 15) is 4.79 Å². The van der Waals surface area contributed by atoms with Crippen molar-refractivity contribution in [2.45, 2.75) is 6.92 Å². The van der Waals surface area contributed by atoms with Gasteiger partial charge in [0.1, 0.15) is 0 Å². The first-order valence-electron chi connectivity index (χ1n) is 2.94. The molecule has 0 atom stereocenters. The minimum atomic E-state index is -4.64. The predicted octanol–water partition coefficient (Wildman–Crippen LogP) is 0.321. The van der Waals surface area contributed by atoms with Crippen molar-refractivity contribution < 1.29 is 28.8 Å². The molecule has 0 amide bonds. The maximum absolute atomic E-state index is 10.3. The van der Waals surface area contributed by atoms with E-state index >= 15 is 0 Å². The molecule has 76 valence electrons. The first kappa shape index (κ1) is 14.6. The number of hydrogen-bond donors (Lipinski definition) is 3. The number of carbonyl (C=O) groups is 1. The molecule has 0 aromatic heterocycles. The van der Waals surface area contributed by atoms with Crippen molar-refractivity contribution in [2.75, 3.05) is 0 Å². The lowest BCUT2D eigenvalue weighted by atomic mass is 10.4. The second-order valence-electron chi connectivity index (χ2n) is 1.87. The van der Waals surface area contributed by atoms with Gasteiger partial charge in [-0.05, 0) is 6.92 Å². The molecule has 0 fully saturated rings. The van der Waals surface area contributed by atoms with E-state index in [4.69, 9.17) is 19.2 Å². The molecule has 3 N–H and O–H groups in total. The summed E-state index contributed by atoms with van der Waals surface area (Å²) in [6.45, 7) is 8.13. The predicted molar refractivity (Wildman–Crippen MR) is 45.4 cm³/mol. The number of esters is 1. The Hall–Kier alpha value is -0.940. The highest BCUT2D eigenvalue weighted by molar-refractivity contribution is 7.45. The molecular weight excluding hydrogens is 199 g/mol. The van der Waals surface area contributed by atoms with Crippen LogP contribution in [0.1, 0.15) is 6.92 Å². The van der Waals surface area contributed by atoms with Crippen molar-refractivity contribution in [3.8, 4) is 0 Å². The molecule has 0 unspecified atom stereocenters. The van der Waals surface area contributed by atoms with Crippen molar-refractivity contribution in [3.05, 3.63) is 25.0 Å². The van der Waals surface area contributed by atoms with E-state index in [2.05, 4.69) is 17.9 Å². The third kappa shape index (κ3) is 24.7. The van der Waals surface area contributed by atoms with Crippen molar-refractivity contribution in [1.82, 2.24) is 0 Å². The fraction of sp³-hybridized carbons (Fsp3) is 0.167. The molecule has 13 heavy (non-hydrogen) atoms. The van der Waals surface area contributed by atoms with Crippen LogP contribution in [0.2, 0.25) is 0 Å². The van der Waals surface area contributed by atoms with Crippen LogP contribution in [0.15, 0.2) is 25.0 Å². The topological polar surface area (TPSA) is 104 Å². The number of rotatable bonds is 2. The quantitative estimate of drug-likeness (QED) is 0.262. The van der Waals surface area contributed by atoms with E-state index in [1.165, 1.54) is 0 Å². The summed E-state index contributed by atoms with van der Waals surface area (Å²) < 4.78 is 13.2. The van der Waals surface area contributed by atoms with Crippen molar-refractivity contribution in [2.24, 2.45) is 0 Å². The van der Waals surface area contributed by atoms with Gasteiger partial charge in [0.2, 0.25) is 0 Å². The van der Waals surface area contributed by atoms with Gasteiger partial charge in [0, 0.05) is 5.57 Å². The molecule has 0 aromatic carbocycles. The van der Waals surface area contributed by atoms with E-state index in [0.717, 1.165) is 6.26 Å². The number of phosphoric acid groups is 1. The Morgan fingerprint density at radius 3 is 1.85 bits per heavy atom. The Balaban J connectivity index is 0. The summed E-state index contributed by atoms with van der Waals surface area (Å²) in [7, 11) is -4.64. The summed E-state index contributed by atoms with van der Waals surface area (Å²) in [6.07, 6.45) is 1.08. The average molecular weight is 210 g/mol. The summed E-state index contributed by atoms with van der Waals surface area (Å²) in [5.74, 6) is -0.431. The van der Waals surface area contributed by atoms with Crippen LogP contribution in [0, 0.1) is 0 Å². The van der Waals surface area contributed by atoms with Gasteiger partial charge < -0.3 is 19.4 Å². The van der Waals surface area contributed by atoms with Crippen LogP contribution in [-0.4, -0.2) is 20.6 Å². The summed E-state index contributed by atoms with van der Waals surface area (Å²) in [5, 5.41) is 0. The SMILES string of the molecule is C=COC(=O)C(=C)C.O=P(O)(O)O. The van der Waals surface area contributed by atoms with E-state index in [-0.39, 0.29) is 0 Å². The Kier molecular flexibility index (Phi) is 7.36. The highest BCUT2D eigenvalue weighted by Gasteiger charge is 2.00. The standard InChI is InChI=1S/C6H8O2.H3O4P/c1-4-8-6(7)5(2)3;1-5(2,3)4/h4H,1-2H2,3H3;(H3,1,2,3,4). The van der Waals surface area contributed by atoms with Gasteiger partial charge in [-0.15, -0.1) is 0 Å². The summed E-state index contributed by atoms with van der Waals surface area (Å²) in [5.41, 5.74) is 0.380. The highest BCUT2D eigenvalue weighted by atomic mass is 31.2. The second-order valence-corrected chi connectivity index (χ2v) is 2.89. The van der Waals surface area contributed by atoms with Crippen molar-refractivity contribution in [3.63, 3.8) is 0 Å². The molecule has 7 heteroatoms. The second kappa shape index (κ2) is 6.56. The van der Waals surface area contributed by atoms with Crippen molar-refractivity contribution >= 4 is 13.8 Å². The van der Waals surface area contributed by atoms with Gasteiger partial charge in [-0.1, -0.05) is 13.2 Å². The minimum Gasteiger partial charge on any atom is -0.432 e. The molecule has 0 heterocycles. The largest absolute Gasteiger partial charge is 0.466 e. The highest BCUT2D eigenvalue weighted by Crippen LogP contribution is 2.25. The van der Waals surface area contributed by atoms with Crippen molar-refractivity contribution in [1.29, 1.82) is 0 Å². The number of ether oxygens (including phenoxy) is 1. The molecule has 0 aromatic rings. The summed E-state index contributed by atoms with van der Waals surface area (Å²) in [6, 6.07) is 0. The van der Waals surface area contributed by atoms with Gasteiger partial charge in [0.15, 0.2) is 0 Å². The van der Waals surface area contributed by atoms with E-state index in [1.54, 1.807) is 6.92 Å². The lowest BCUT2D eigenvalue weighted by molar-refractivity contribution is -0.133. The van der Waals surface area contributed by atoms with Gasteiger partial charge in [-0.2, -0.15) is 0 Å². The first-order chi connectivity index (χ1) is 5.68. The van der Waals surface area contributed by atoms with E-state index < -0.39 is 13.8 Å². The van der Waals surface area contributed by atoms with E-state index in [0.29, 0.717) is 5.57 Å². The Labute approximate surface area is 75.4 Å². The van der Waals surface area contributed by atoms with Crippen LogP contribution in [0.3, 0.4) is 0 Å². The molecule has 0 aliphatic rings. The molecule has 0 radical (unpaired) electrons. The molecular formula is C6H11O6P. The van der Waals surface area contributed by atoms with E-state index in [1.807, 2.05) is 0 Å². The zero-order valence-electron chi connectivity index (χ0n) is 7.01.